The number of aryl methyl sites for hydroxylation is 2. The standard InChI is InChI=1S/C29H34N8O3S/c1-19-8-9-23(34-41(3,39)40)22(15-19)29(38)36-13-5-4-7-25(36)24-16-26-32-28(20(2)17-37(26)33-24)35-14-10-21(18-35)27-30-11-6-12-31-27/h6,8-9,11-12,15-17,21,25,34H,4-5,7,10,13-14,18H2,1-3H3. The second kappa shape index (κ2) is 10.7. The lowest BCUT2D eigenvalue weighted by atomic mass is 9.97. The van der Waals surface area contributed by atoms with E-state index in [1.165, 1.54) is 0 Å². The molecule has 2 fully saturated rings. The molecular formula is C29H34N8O3S. The molecule has 2 atom stereocenters. The first-order valence-electron chi connectivity index (χ1n) is 13.9. The van der Waals surface area contributed by atoms with Crippen LogP contribution in [0.25, 0.3) is 5.65 Å². The number of benzene rings is 1. The minimum absolute atomic E-state index is 0.210. The largest absolute Gasteiger partial charge is 0.356 e. The molecule has 5 heterocycles. The van der Waals surface area contributed by atoms with Crippen molar-refractivity contribution < 1.29 is 13.2 Å². The fraction of sp³-hybridized carbons (Fsp3) is 0.414. The van der Waals surface area contributed by atoms with Crippen LogP contribution in [0.1, 0.15) is 70.6 Å². The lowest BCUT2D eigenvalue weighted by Gasteiger charge is -2.35. The third-order valence-electron chi connectivity index (χ3n) is 7.87. The van der Waals surface area contributed by atoms with E-state index < -0.39 is 10.0 Å². The molecule has 41 heavy (non-hydrogen) atoms. The molecule has 12 heteroatoms. The highest BCUT2D eigenvalue weighted by Gasteiger charge is 2.33. The van der Waals surface area contributed by atoms with Crippen molar-refractivity contribution in [3.8, 4) is 0 Å². The van der Waals surface area contributed by atoms with E-state index in [4.69, 9.17) is 10.1 Å². The maximum atomic E-state index is 13.9. The average Bonchev–Trinajstić information content (AvgIpc) is 3.60. The number of anilines is 2. The Balaban J connectivity index is 1.29. The van der Waals surface area contributed by atoms with Gasteiger partial charge in [0.25, 0.3) is 5.91 Å². The summed E-state index contributed by atoms with van der Waals surface area (Å²) in [6, 6.07) is 8.75. The molecule has 0 saturated carbocycles. The summed E-state index contributed by atoms with van der Waals surface area (Å²) in [5.41, 5.74) is 4.04. The fourth-order valence-electron chi connectivity index (χ4n) is 5.95. The topological polar surface area (TPSA) is 126 Å². The zero-order valence-electron chi connectivity index (χ0n) is 23.5. The molecule has 0 aliphatic carbocycles. The van der Waals surface area contributed by atoms with Gasteiger partial charge in [-0.2, -0.15) is 5.10 Å². The SMILES string of the molecule is Cc1ccc(NS(C)(=O)=O)c(C(=O)N2CCCCC2c2cc3nc(N4CCC(c5ncccn5)C4)c(C)cn3n2)c1. The molecule has 2 saturated heterocycles. The summed E-state index contributed by atoms with van der Waals surface area (Å²) in [6.07, 6.45) is 10.2. The summed E-state index contributed by atoms with van der Waals surface area (Å²) in [5, 5.41) is 4.86. The number of piperidine rings is 1. The van der Waals surface area contributed by atoms with Crippen LogP contribution < -0.4 is 9.62 Å². The van der Waals surface area contributed by atoms with E-state index in [-0.39, 0.29) is 23.6 Å². The lowest BCUT2D eigenvalue weighted by molar-refractivity contribution is 0.0606. The van der Waals surface area contributed by atoms with Crippen molar-refractivity contribution in [2.24, 2.45) is 0 Å². The van der Waals surface area contributed by atoms with Crippen molar-refractivity contribution in [3.63, 3.8) is 0 Å². The van der Waals surface area contributed by atoms with Crippen LogP contribution in [0.4, 0.5) is 11.5 Å². The summed E-state index contributed by atoms with van der Waals surface area (Å²) in [4.78, 5) is 31.9. The lowest BCUT2D eigenvalue weighted by Crippen LogP contribution is -2.39. The summed E-state index contributed by atoms with van der Waals surface area (Å²) < 4.78 is 28.3. The van der Waals surface area contributed by atoms with Crippen LogP contribution in [-0.2, 0) is 10.0 Å². The molecule has 11 nitrogen and oxygen atoms in total. The first-order valence-corrected chi connectivity index (χ1v) is 15.8. The van der Waals surface area contributed by atoms with Gasteiger partial charge in [0.05, 0.1) is 29.2 Å². The quantitative estimate of drug-likeness (QED) is 0.368. The number of amides is 1. The molecule has 2 aliphatic heterocycles. The summed E-state index contributed by atoms with van der Waals surface area (Å²) in [5.74, 6) is 1.85. The second-order valence-corrected chi connectivity index (χ2v) is 12.8. The molecule has 2 aliphatic rings. The second-order valence-electron chi connectivity index (χ2n) is 11.1. The van der Waals surface area contributed by atoms with Crippen LogP contribution in [0.3, 0.4) is 0 Å². The Morgan fingerprint density at radius 1 is 1.05 bits per heavy atom. The molecule has 1 aromatic carbocycles. The first-order chi connectivity index (χ1) is 19.7. The molecule has 0 bridgehead atoms. The maximum Gasteiger partial charge on any atom is 0.256 e. The molecule has 0 spiro atoms. The maximum absolute atomic E-state index is 13.9. The Morgan fingerprint density at radius 2 is 1.85 bits per heavy atom. The van der Waals surface area contributed by atoms with Gasteiger partial charge in [0, 0.05) is 55.8 Å². The van der Waals surface area contributed by atoms with E-state index in [1.54, 1.807) is 35.1 Å². The Kier molecular flexibility index (Phi) is 7.10. The molecule has 0 radical (unpaired) electrons. The summed E-state index contributed by atoms with van der Waals surface area (Å²) in [6.45, 7) is 6.18. The number of carbonyl (C=O) groups excluding carboxylic acids is 1. The van der Waals surface area contributed by atoms with Crippen LogP contribution >= 0.6 is 0 Å². The third kappa shape index (κ3) is 5.61. The van der Waals surface area contributed by atoms with Gasteiger partial charge in [-0.3, -0.25) is 9.52 Å². The molecule has 214 valence electrons. The molecule has 3 aromatic heterocycles. The van der Waals surface area contributed by atoms with Crippen molar-refractivity contribution in [3.05, 3.63) is 77.1 Å². The van der Waals surface area contributed by atoms with Crippen molar-refractivity contribution in [2.45, 2.75) is 51.5 Å². The van der Waals surface area contributed by atoms with E-state index in [1.807, 2.05) is 37.1 Å². The number of sulfonamides is 1. The number of aromatic nitrogens is 5. The zero-order valence-corrected chi connectivity index (χ0v) is 24.3. The molecule has 6 rings (SSSR count). The number of hydrogen-bond donors (Lipinski definition) is 1. The fourth-order valence-corrected chi connectivity index (χ4v) is 6.53. The van der Waals surface area contributed by atoms with Crippen molar-refractivity contribution in [1.29, 1.82) is 0 Å². The van der Waals surface area contributed by atoms with Gasteiger partial charge in [0.1, 0.15) is 11.6 Å². The highest BCUT2D eigenvalue weighted by atomic mass is 32.2. The number of hydrogen-bond acceptors (Lipinski definition) is 8. The smallest absolute Gasteiger partial charge is 0.256 e. The summed E-state index contributed by atoms with van der Waals surface area (Å²) >= 11 is 0. The molecule has 1 amide bonds. The van der Waals surface area contributed by atoms with Gasteiger partial charge < -0.3 is 9.80 Å². The Labute approximate surface area is 239 Å². The van der Waals surface area contributed by atoms with Crippen LogP contribution in [-0.4, -0.2) is 69.7 Å². The minimum Gasteiger partial charge on any atom is -0.356 e. The third-order valence-corrected chi connectivity index (χ3v) is 8.46. The Bertz CT molecular complexity index is 1710. The molecule has 4 aromatic rings. The highest BCUT2D eigenvalue weighted by molar-refractivity contribution is 7.92. The van der Waals surface area contributed by atoms with Gasteiger partial charge in [-0.1, -0.05) is 11.6 Å². The molecule has 1 N–H and O–H groups in total. The number of carbonyl (C=O) groups is 1. The monoisotopic (exact) mass is 574 g/mol. The van der Waals surface area contributed by atoms with E-state index in [9.17, 15) is 13.2 Å². The van der Waals surface area contributed by atoms with Crippen LogP contribution in [0.5, 0.6) is 0 Å². The van der Waals surface area contributed by atoms with Crippen molar-refractivity contribution in [2.75, 3.05) is 35.5 Å². The van der Waals surface area contributed by atoms with Crippen molar-refractivity contribution >= 4 is 33.1 Å². The van der Waals surface area contributed by atoms with E-state index in [2.05, 4.69) is 19.6 Å². The predicted molar refractivity (Wildman–Crippen MR) is 157 cm³/mol. The summed E-state index contributed by atoms with van der Waals surface area (Å²) in [7, 11) is -3.55. The van der Waals surface area contributed by atoms with Crippen LogP contribution in [0.2, 0.25) is 0 Å². The van der Waals surface area contributed by atoms with Gasteiger partial charge >= 0.3 is 0 Å². The van der Waals surface area contributed by atoms with Gasteiger partial charge in [-0.25, -0.2) is 27.9 Å². The number of fused-ring (bicyclic) bond motifs is 1. The number of likely N-dealkylation sites (tertiary alicyclic amines) is 1. The predicted octanol–water partition coefficient (Wildman–Crippen LogP) is 3.87. The van der Waals surface area contributed by atoms with Gasteiger partial charge in [-0.05, 0) is 57.7 Å². The minimum atomic E-state index is -3.55. The van der Waals surface area contributed by atoms with Crippen molar-refractivity contribution in [1.82, 2.24) is 29.5 Å². The van der Waals surface area contributed by atoms with E-state index >= 15 is 0 Å². The number of nitrogens with one attached hydrogen (secondary N) is 1. The van der Waals surface area contributed by atoms with Gasteiger partial charge in [0.15, 0.2) is 5.65 Å². The average molecular weight is 575 g/mol. The molecular weight excluding hydrogens is 540 g/mol. The Morgan fingerprint density at radius 3 is 2.63 bits per heavy atom. The molecule has 2 unspecified atom stereocenters. The van der Waals surface area contributed by atoms with E-state index in [0.29, 0.717) is 12.1 Å². The normalized spacial score (nSPS) is 19.6. The zero-order chi connectivity index (χ0) is 28.7. The van der Waals surface area contributed by atoms with Gasteiger partial charge in [0.2, 0.25) is 10.0 Å². The van der Waals surface area contributed by atoms with Crippen LogP contribution in [0.15, 0.2) is 48.9 Å². The highest BCUT2D eigenvalue weighted by Crippen LogP contribution is 2.35. The first kappa shape index (κ1) is 27.1. The van der Waals surface area contributed by atoms with Crippen LogP contribution in [0, 0.1) is 13.8 Å². The number of nitrogens with zero attached hydrogens (tertiary/aromatic N) is 7. The van der Waals surface area contributed by atoms with Gasteiger partial charge in [-0.15, -0.1) is 0 Å². The Hall–Kier alpha value is -4.06. The van der Waals surface area contributed by atoms with E-state index in [0.717, 1.165) is 79.1 Å². The number of rotatable bonds is 6.